The van der Waals surface area contributed by atoms with Crippen LogP contribution >= 0.6 is 11.9 Å². The van der Waals surface area contributed by atoms with Crippen molar-refractivity contribution < 1.29 is 9.66 Å². The number of ether oxygens (including phenoxy) is 1. The Kier molecular flexibility index (Phi) is 7.10. The molecule has 1 fully saturated rings. The van der Waals surface area contributed by atoms with Gasteiger partial charge in [0.15, 0.2) is 5.82 Å². The van der Waals surface area contributed by atoms with E-state index in [1.807, 2.05) is 0 Å². The summed E-state index contributed by atoms with van der Waals surface area (Å²) in [6, 6.07) is 0. The smallest absolute Gasteiger partial charge is 0.342 e. The number of morpholine rings is 1. The third-order valence-corrected chi connectivity index (χ3v) is 4.39. The molecule has 1 N–H and O–H groups in total. The van der Waals surface area contributed by atoms with Crippen LogP contribution in [0.25, 0.3) is 0 Å². The molecule has 1 aromatic heterocycles. The van der Waals surface area contributed by atoms with Crippen LogP contribution in [0.15, 0.2) is 6.20 Å². The van der Waals surface area contributed by atoms with Crippen molar-refractivity contribution in [2.45, 2.75) is 19.9 Å². The van der Waals surface area contributed by atoms with Crippen molar-refractivity contribution in [3.8, 4) is 0 Å². The normalized spacial score (nSPS) is 16.0. The Morgan fingerprint density at radius 1 is 1.45 bits per heavy atom. The number of hydrogen-bond acceptors (Lipinski definition) is 7. The largest absolute Gasteiger partial charge is 0.379 e. The highest BCUT2D eigenvalue weighted by atomic mass is 32.2. The summed E-state index contributed by atoms with van der Waals surface area (Å²) in [5.41, 5.74) is 0. The topological polar surface area (TPSA) is 85.5 Å². The molecule has 2 rings (SSSR count). The van der Waals surface area contributed by atoms with Gasteiger partial charge in [-0.25, -0.2) is 9.55 Å². The quantitative estimate of drug-likeness (QED) is 0.314. The fourth-order valence-corrected chi connectivity index (χ4v) is 3.07. The second-order valence-electron chi connectivity index (χ2n) is 5.12. The van der Waals surface area contributed by atoms with Gasteiger partial charge in [0.05, 0.1) is 13.2 Å². The Morgan fingerprint density at radius 2 is 2.23 bits per heavy atom. The first-order valence-corrected chi connectivity index (χ1v) is 8.48. The zero-order valence-electron chi connectivity index (χ0n) is 12.9. The van der Waals surface area contributed by atoms with E-state index in [1.54, 1.807) is 23.4 Å². The molecular weight excluding hydrogens is 306 g/mol. The van der Waals surface area contributed by atoms with Gasteiger partial charge >= 0.3 is 5.82 Å². The van der Waals surface area contributed by atoms with Crippen LogP contribution in [0.5, 0.6) is 0 Å². The van der Waals surface area contributed by atoms with Gasteiger partial charge in [-0.05, 0) is 17.9 Å². The van der Waals surface area contributed by atoms with Gasteiger partial charge in [0.2, 0.25) is 0 Å². The highest BCUT2D eigenvalue weighted by Crippen LogP contribution is 2.14. The van der Waals surface area contributed by atoms with E-state index in [1.165, 1.54) is 6.20 Å². The summed E-state index contributed by atoms with van der Waals surface area (Å²) in [6.45, 7) is 8.12. The van der Waals surface area contributed by atoms with Crippen LogP contribution in [0.3, 0.4) is 0 Å². The van der Waals surface area contributed by atoms with Crippen LogP contribution in [-0.2, 0) is 11.3 Å². The fourth-order valence-electron chi connectivity index (χ4n) is 2.36. The van der Waals surface area contributed by atoms with Gasteiger partial charge in [-0.3, -0.25) is 9.62 Å². The molecule has 0 bridgehead atoms. The van der Waals surface area contributed by atoms with Crippen molar-refractivity contribution in [3.63, 3.8) is 0 Å². The molecule has 0 aliphatic carbocycles. The van der Waals surface area contributed by atoms with E-state index < -0.39 is 0 Å². The average Bonchev–Trinajstić information content (AvgIpc) is 2.89. The van der Waals surface area contributed by atoms with Crippen LogP contribution < -0.4 is 4.72 Å². The maximum Gasteiger partial charge on any atom is 0.342 e. The first-order chi connectivity index (χ1) is 10.7. The maximum absolute atomic E-state index is 10.9. The van der Waals surface area contributed by atoms with E-state index in [4.69, 9.17) is 4.74 Å². The minimum Gasteiger partial charge on any atom is -0.379 e. The third kappa shape index (κ3) is 5.24. The molecule has 1 saturated heterocycles. The molecule has 8 nitrogen and oxygen atoms in total. The summed E-state index contributed by atoms with van der Waals surface area (Å²) in [5.74, 6) is 1.51. The number of hydrogen-bond donors (Lipinski definition) is 1. The lowest BCUT2D eigenvalue weighted by atomic mass is 10.3. The number of rotatable bonds is 9. The van der Waals surface area contributed by atoms with Gasteiger partial charge in [-0.15, -0.1) is 0 Å². The number of aryl methyl sites for hydroxylation is 1. The van der Waals surface area contributed by atoms with Crippen LogP contribution in [0.2, 0.25) is 0 Å². The Hall–Kier alpha value is -1.16. The van der Waals surface area contributed by atoms with Crippen molar-refractivity contribution in [2.24, 2.45) is 0 Å². The zero-order valence-corrected chi connectivity index (χ0v) is 13.7. The Balaban J connectivity index is 1.56. The van der Waals surface area contributed by atoms with E-state index in [2.05, 4.69) is 14.6 Å². The first-order valence-electron chi connectivity index (χ1n) is 7.50. The Morgan fingerprint density at radius 3 is 2.95 bits per heavy atom. The third-order valence-electron chi connectivity index (χ3n) is 3.60. The van der Waals surface area contributed by atoms with E-state index in [0.29, 0.717) is 12.4 Å². The maximum atomic E-state index is 10.9. The molecule has 0 saturated carbocycles. The van der Waals surface area contributed by atoms with Crippen molar-refractivity contribution >= 4 is 17.8 Å². The van der Waals surface area contributed by atoms with Gasteiger partial charge in [-0.1, -0.05) is 11.9 Å². The second kappa shape index (κ2) is 9.09. The van der Waals surface area contributed by atoms with Crippen molar-refractivity contribution in [1.82, 2.24) is 19.2 Å². The van der Waals surface area contributed by atoms with Crippen molar-refractivity contribution in [3.05, 3.63) is 22.1 Å². The molecule has 2 heterocycles. The van der Waals surface area contributed by atoms with E-state index >= 15 is 0 Å². The van der Waals surface area contributed by atoms with E-state index in [9.17, 15) is 10.1 Å². The highest BCUT2D eigenvalue weighted by Gasteiger charge is 2.16. The lowest BCUT2D eigenvalue weighted by Crippen LogP contribution is -2.37. The lowest BCUT2D eigenvalue weighted by Gasteiger charge is -2.26. The molecule has 1 aliphatic rings. The SMILES string of the molecule is Cc1ncc([N+](=O)[O-])n1CCSNCCCN1CCOCC1. The summed E-state index contributed by atoms with van der Waals surface area (Å²) >= 11 is 1.60. The molecule has 0 spiro atoms. The van der Waals surface area contributed by atoms with Gasteiger partial charge in [-0.2, -0.15) is 0 Å². The Bertz CT molecular complexity index is 476. The molecule has 0 unspecified atom stereocenters. The molecule has 1 aliphatic heterocycles. The molecular formula is C13H23N5O3S. The summed E-state index contributed by atoms with van der Waals surface area (Å²) in [5, 5.41) is 10.9. The molecule has 0 atom stereocenters. The molecule has 124 valence electrons. The molecule has 0 aromatic carbocycles. The zero-order chi connectivity index (χ0) is 15.8. The van der Waals surface area contributed by atoms with Crippen LogP contribution in [0.1, 0.15) is 12.2 Å². The summed E-state index contributed by atoms with van der Waals surface area (Å²) in [4.78, 5) is 16.9. The highest BCUT2D eigenvalue weighted by molar-refractivity contribution is 7.97. The van der Waals surface area contributed by atoms with E-state index in [0.717, 1.165) is 51.6 Å². The number of nitro groups is 1. The molecule has 0 amide bonds. The van der Waals surface area contributed by atoms with Gasteiger partial charge in [0.1, 0.15) is 12.7 Å². The van der Waals surface area contributed by atoms with Crippen LogP contribution in [0, 0.1) is 17.0 Å². The number of aromatic nitrogens is 2. The Labute approximate surface area is 134 Å². The molecule has 0 radical (unpaired) electrons. The van der Waals surface area contributed by atoms with Gasteiger partial charge in [0, 0.05) is 32.3 Å². The van der Waals surface area contributed by atoms with Crippen molar-refractivity contribution in [2.75, 3.05) is 45.1 Å². The monoisotopic (exact) mass is 329 g/mol. The molecule has 1 aromatic rings. The predicted octanol–water partition coefficient (Wildman–Crippen LogP) is 1.06. The second-order valence-corrected chi connectivity index (χ2v) is 6.11. The van der Waals surface area contributed by atoms with Gasteiger partial charge in [0.25, 0.3) is 0 Å². The molecule has 9 heteroatoms. The average molecular weight is 329 g/mol. The minimum atomic E-state index is -0.388. The fraction of sp³-hybridized carbons (Fsp3) is 0.769. The summed E-state index contributed by atoms with van der Waals surface area (Å²) in [6.07, 6.45) is 2.41. The number of nitrogens with zero attached hydrogens (tertiary/aromatic N) is 4. The first kappa shape index (κ1) is 17.2. The lowest BCUT2D eigenvalue weighted by molar-refractivity contribution is -0.392. The standard InChI is InChI=1S/C13H23N5O3S/c1-12-14-11-13(18(19)20)17(12)7-10-22-15-3-2-4-16-5-8-21-9-6-16/h11,15H,2-10H2,1H3. The van der Waals surface area contributed by atoms with Gasteiger partial charge < -0.3 is 14.9 Å². The predicted molar refractivity (Wildman–Crippen MR) is 86.0 cm³/mol. The van der Waals surface area contributed by atoms with Crippen LogP contribution in [0.4, 0.5) is 5.82 Å². The summed E-state index contributed by atoms with van der Waals surface area (Å²) in [7, 11) is 0. The minimum absolute atomic E-state index is 0.0606. The van der Waals surface area contributed by atoms with Crippen molar-refractivity contribution in [1.29, 1.82) is 0 Å². The van der Waals surface area contributed by atoms with E-state index in [-0.39, 0.29) is 10.7 Å². The molecule has 22 heavy (non-hydrogen) atoms. The number of imidazole rings is 1. The number of nitrogens with one attached hydrogen (secondary N) is 1. The summed E-state index contributed by atoms with van der Waals surface area (Å²) < 4.78 is 10.3. The van der Waals surface area contributed by atoms with Crippen LogP contribution in [-0.4, -0.2) is 64.5 Å².